The van der Waals surface area contributed by atoms with E-state index in [1.807, 2.05) is 0 Å². The minimum atomic E-state index is -0.614. The smallest absolute Gasteiger partial charge is 0.412 e. The maximum absolute atomic E-state index is 12.4. The van der Waals surface area contributed by atoms with Crippen molar-refractivity contribution in [1.29, 1.82) is 5.41 Å². The van der Waals surface area contributed by atoms with E-state index in [1.54, 1.807) is 52.0 Å². The topological polar surface area (TPSA) is 112 Å². The van der Waals surface area contributed by atoms with Crippen molar-refractivity contribution in [3.8, 4) is 5.69 Å². The van der Waals surface area contributed by atoms with Crippen LogP contribution in [-0.4, -0.2) is 27.0 Å². The number of benzene rings is 1. The third-order valence-corrected chi connectivity index (χ3v) is 3.26. The van der Waals surface area contributed by atoms with Crippen molar-refractivity contribution in [2.24, 2.45) is 0 Å². The molecule has 1 amide bonds. The van der Waals surface area contributed by atoms with Gasteiger partial charge in [0.05, 0.1) is 11.4 Å². The Balaban J connectivity index is 2.42. The fourth-order valence-corrected chi connectivity index (χ4v) is 2.33. The van der Waals surface area contributed by atoms with Gasteiger partial charge in [-0.15, -0.1) is 0 Å². The first-order valence-electron chi connectivity index (χ1n) is 8.01. The molecule has 1 heterocycles. The minimum absolute atomic E-state index is 0.202. The largest absolute Gasteiger partial charge is 0.444 e. The van der Waals surface area contributed by atoms with E-state index in [4.69, 9.17) is 10.1 Å². The highest BCUT2D eigenvalue weighted by Gasteiger charge is 2.18. The molecule has 0 aliphatic rings. The SMILES string of the molecule is C=CNc1c(C(C)=N)[nH]c(=O)n1-c1cccc(NC(=O)OC(C)(C)C)c1. The van der Waals surface area contributed by atoms with Crippen LogP contribution in [0.25, 0.3) is 5.69 Å². The molecule has 0 unspecified atom stereocenters. The molecule has 0 radical (unpaired) electrons. The third-order valence-electron chi connectivity index (χ3n) is 3.26. The van der Waals surface area contributed by atoms with Gasteiger partial charge in [0.25, 0.3) is 0 Å². The number of carbonyl (C=O) groups excluding carboxylic acids is 1. The van der Waals surface area contributed by atoms with Crippen LogP contribution in [0.3, 0.4) is 0 Å². The van der Waals surface area contributed by atoms with Crippen LogP contribution in [0.4, 0.5) is 16.3 Å². The van der Waals surface area contributed by atoms with Crippen LogP contribution in [0, 0.1) is 5.41 Å². The highest BCUT2D eigenvalue weighted by atomic mass is 16.6. The summed E-state index contributed by atoms with van der Waals surface area (Å²) in [7, 11) is 0. The van der Waals surface area contributed by atoms with Crippen LogP contribution in [0.1, 0.15) is 33.4 Å². The Morgan fingerprint density at radius 3 is 2.65 bits per heavy atom. The first-order valence-corrected chi connectivity index (χ1v) is 8.01. The van der Waals surface area contributed by atoms with E-state index >= 15 is 0 Å². The molecule has 0 aliphatic heterocycles. The van der Waals surface area contributed by atoms with E-state index in [0.29, 0.717) is 22.9 Å². The lowest BCUT2D eigenvalue weighted by molar-refractivity contribution is 0.0636. The highest BCUT2D eigenvalue weighted by molar-refractivity contribution is 5.99. The predicted octanol–water partition coefficient (Wildman–Crippen LogP) is 3.46. The molecule has 8 nitrogen and oxygen atoms in total. The van der Waals surface area contributed by atoms with Crippen molar-refractivity contribution in [3.05, 3.63) is 53.2 Å². The molecule has 0 bridgehead atoms. The molecule has 0 fully saturated rings. The van der Waals surface area contributed by atoms with Gasteiger partial charge in [0.15, 0.2) is 0 Å². The summed E-state index contributed by atoms with van der Waals surface area (Å²) in [6.07, 6.45) is 0.838. The zero-order chi connectivity index (χ0) is 19.5. The fourth-order valence-electron chi connectivity index (χ4n) is 2.33. The van der Waals surface area contributed by atoms with E-state index in [2.05, 4.69) is 22.2 Å². The summed E-state index contributed by atoms with van der Waals surface area (Å²) in [5.74, 6) is 0.395. The summed E-state index contributed by atoms with van der Waals surface area (Å²) in [4.78, 5) is 27.0. The first-order chi connectivity index (χ1) is 12.1. The first kappa shape index (κ1) is 19.0. The zero-order valence-electron chi connectivity index (χ0n) is 15.3. The molecule has 1 aromatic carbocycles. The Labute approximate surface area is 151 Å². The lowest BCUT2D eigenvalue weighted by Crippen LogP contribution is -2.27. The maximum Gasteiger partial charge on any atom is 0.412 e. The number of carbonyl (C=O) groups is 1. The molecule has 0 spiro atoms. The number of anilines is 2. The van der Waals surface area contributed by atoms with E-state index in [-0.39, 0.29) is 5.71 Å². The Bertz CT molecular complexity index is 902. The normalized spacial score (nSPS) is 10.9. The number of hydrogen-bond acceptors (Lipinski definition) is 5. The van der Waals surface area contributed by atoms with E-state index in [9.17, 15) is 9.59 Å². The number of H-pyrrole nitrogens is 1. The molecule has 0 aliphatic carbocycles. The number of imidazole rings is 1. The van der Waals surface area contributed by atoms with Crippen molar-refractivity contribution in [1.82, 2.24) is 9.55 Å². The van der Waals surface area contributed by atoms with Gasteiger partial charge in [0.1, 0.15) is 17.1 Å². The summed E-state index contributed by atoms with van der Waals surface area (Å²) in [5.41, 5.74) is 0.523. The minimum Gasteiger partial charge on any atom is -0.444 e. The molecule has 4 N–H and O–H groups in total. The lowest BCUT2D eigenvalue weighted by atomic mass is 10.2. The van der Waals surface area contributed by atoms with Crippen molar-refractivity contribution < 1.29 is 9.53 Å². The molecular weight excluding hydrogens is 334 g/mol. The summed E-state index contributed by atoms with van der Waals surface area (Å²) in [5, 5.41) is 13.3. The second-order valence-corrected chi connectivity index (χ2v) is 6.64. The van der Waals surface area contributed by atoms with Gasteiger partial charge in [0.2, 0.25) is 0 Å². The van der Waals surface area contributed by atoms with Crippen molar-refractivity contribution in [2.75, 3.05) is 10.6 Å². The Morgan fingerprint density at radius 1 is 1.38 bits per heavy atom. The van der Waals surface area contributed by atoms with Gasteiger partial charge in [-0.05, 0) is 52.1 Å². The number of nitrogens with zero attached hydrogens (tertiary/aromatic N) is 1. The Kier molecular flexibility index (Phi) is 5.35. The van der Waals surface area contributed by atoms with Gasteiger partial charge in [-0.2, -0.15) is 0 Å². The zero-order valence-corrected chi connectivity index (χ0v) is 15.3. The van der Waals surface area contributed by atoms with Crippen LogP contribution < -0.4 is 16.3 Å². The fraction of sp³-hybridized carbons (Fsp3) is 0.278. The standard InChI is InChI=1S/C18H23N5O3/c1-6-20-15-14(11(2)19)22-16(24)23(15)13-9-7-8-12(10-13)21-17(25)26-18(3,4)5/h6-10,19-20H,1H2,2-5H3,(H,21,25)(H,22,24). The highest BCUT2D eigenvalue weighted by Crippen LogP contribution is 2.21. The average molecular weight is 357 g/mol. The molecule has 0 atom stereocenters. The quantitative estimate of drug-likeness (QED) is 0.614. The summed E-state index contributed by atoms with van der Waals surface area (Å²) >= 11 is 0. The van der Waals surface area contributed by atoms with Gasteiger partial charge >= 0.3 is 11.8 Å². The van der Waals surface area contributed by atoms with Crippen molar-refractivity contribution >= 4 is 23.3 Å². The number of ether oxygens (including phenoxy) is 1. The number of nitrogens with one attached hydrogen (secondary N) is 4. The van der Waals surface area contributed by atoms with Gasteiger partial charge in [-0.25, -0.2) is 14.2 Å². The average Bonchev–Trinajstić information content (AvgIpc) is 2.82. The molecule has 8 heteroatoms. The van der Waals surface area contributed by atoms with Crippen molar-refractivity contribution in [3.63, 3.8) is 0 Å². The molecule has 26 heavy (non-hydrogen) atoms. The van der Waals surface area contributed by atoms with Crippen LogP contribution in [0.15, 0.2) is 41.8 Å². The van der Waals surface area contributed by atoms with Crippen LogP contribution >= 0.6 is 0 Å². The van der Waals surface area contributed by atoms with Gasteiger partial charge in [0, 0.05) is 5.69 Å². The Morgan fingerprint density at radius 2 is 2.08 bits per heavy atom. The van der Waals surface area contributed by atoms with E-state index < -0.39 is 17.4 Å². The van der Waals surface area contributed by atoms with Gasteiger partial charge < -0.3 is 20.4 Å². The van der Waals surface area contributed by atoms with Crippen molar-refractivity contribution in [2.45, 2.75) is 33.3 Å². The second-order valence-electron chi connectivity index (χ2n) is 6.64. The summed E-state index contributed by atoms with van der Waals surface area (Å²) in [6.45, 7) is 10.5. The van der Waals surface area contributed by atoms with Gasteiger partial charge in [-0.3, -0.25) is 5.32 Å². The maximum atomic E-state index is 12.4. The van der Waals surface area contributed by atoms with E-state index in [1.165, 1.54) is 10.8 Å². The number of hydrogen-bond donors (Lipinski definition) is 4. The number of aromatic amines is 1. The monoisotopic (exact) mass is 357 g/mol. The molecule has 0 saturated carbocycles. The summed E-state index contributed by atoms with van der Waals surface area (Å²) in [6, 6.07) is 6.74. The third kappa shape index (κ3) is 4.41. The Hall–Kier alpha value is -3.29. The number of amides is 1. The lowest BCUT2D eigenvalue weighted by Gasteiger charge is -2.19. The number of rotatable bonds is 5. The predicted molar refractivity (Wildman–Crippen MR) is 103 cm³/mol. The summed E-state index contributed by atoms with van der Waals surface area (Å²) < 4.78 is 6.60. The molecular formula is C18H23N5O3. The molecule has 1 aromatic heterocycles. The van der Waals surface area contributed by atoms with Crippen LogP contribution in [-0.2, 0) is 4.74 Å². The number of aromatic nitrogens is 2. The molecule has 0 saturated heterocycles. The van der Waals surface area contributed by atoms with E-state index in [0.717, 1.165) is 0 Å². The molecule has 138 valence electrons. The molecule has 2 rings (SSSR count). The molecule has 2 aromatic rings. The van der Waals surface area contributed by atoms with Gasteiger partial charge in [-0.1, -0.05) is 12.6 Å². The van der Waals surface area contributed by atoms with Crippen LogP contribution in [0.2, 0.25) is 0 Å². The second kappa shape index (κ2) is 7.30. The van der Waals surface area contributed by atoms with Crippen LogP contribution in [0.5, 0.6) is 0 Å².